The van der Waals surface area contributed by atoms with Gasteiger partial charge in [-0.15, -0.1) is 0 Å². The van der Waals surface area contributed by atoms with Crippen molar-refractivity contribution >= 4 is 11.7 Å². The third-order valence-corrected chi connectivity index (χ3v) is 6.49. The number of aromatic nitrogens is 2. The molecule has 0 radical (unpaired) electrons. The van der Waals surface area contributed by atoms with Crippen LogP contribution >= 0.6 is 0 Å². The van der Waals surface area contributed by atoms with Crippen LogP contribution < -0.4 is 5.32 Å². The van der Waals surface area contributed by atoms with Gasteiger partial charge in [-0.25, -0.2) is 4.79 Å². The van der Waals surface area contributed by atoms with Gasteiger partial charge in [0.2, 0.25) is 5.89 Å². The number of hydrogen-bond donors (Lipinski definition) is 1. The summed E-state index contributed by atoms with van der Waals surface area (Å²) >= 11 is 0. The lowest BCUT2D eigenvalue weighted by Gasteiger charge is -2.39. The molecule has 1 unspecified atom stereocenters. The molecule has 1 aromatic carbocycles. The van der Waals surface area contributed by atoms with Crippen LogP contribution in [0.3, 0.4) is 0 Å². The first-order valence-corrected chi connectivity index (χ1v) is 10.5. The standard InChI is InChI=1S/C22H31N5O2/c1-15(2)20-24-19(25-29-20)18-13-22(14-26(18)4)9-11-27(12-10-22)21(28)23-17-8-6-5-7-16(17)3/h5-8,15,18H,9-14H2,1-4H3,(H,23,28). The fraction of sp³-hybridized carbons (Fsp3) is 0.591. The molecule has 1 atom stereocenters. The Kier molecular flexibility index (Phi) is 5.34. The minimum Gasteiger partial charge on any atom is -0.339 e. The molecule has 0 aliphatic carbocycles. The van der Waals surface area contributed by atoms with Gasteiger partial charge in [-0.1, -0.05) is 37.2 Å². The molecule has 0 bridgehead atoms. The van der Waals surface area contributed by atoms with E-state index in [9.17, 15) is 4.79 Å². The smallest absolute Gasteiger partial charge is 0.321 e. The highest BCUT2D eigenvalue weighted by molar-refractivity contribution is 5.90. The van der Waals surface area contributed by atoms with E-state index < -0.39 is 0 Å². The number of hydrogen-bond acceptors (Lipinski definition) is 5. The Morgan fingerprint density at radius 1 is 1.28 bits per heavy atom. The molecule has 7 heteroatoms. The zero-order chi connectivity index (χ0) is 20.6. The Labute approximate surface area is 172 Å². The maximum atomic E-state index is 12.7. The van der Waals surface area contributed by atoms with E-state index in [1.165, 1.54) is 0 Å². The van der Waals surface area contributed by atoms with Crippen LogP contribution in [-0.2, 0) is 0 Å². The largest absolute Gasteiger partial charge is 0.339 e. The Morgan fingerprint density at radius 2 is 2.00 bits per heavy atom. The van der Waals surface area contributed by atoms with Crippen molar-refractivity contribution in [3.8, 4) is 0 Å². The molecule has 29 heavy (non-hydrogen) atoms. The maximum absolute atomic E-state index is 12.7. The predicted molar refractivity (Wildman–Crippen MR) is 112 cm³/mol. The molecule has 156 valence electrons. The lowest BCUT2D eigenvalue weighted by Crippen LogP contribution is -2.45. The highest BCUT2D eigenvalue weighted by Crippen LogP contribution is 2.47. The summed E-state index contributed by atoms with van der Waals surface area (Å²) < 4.78 is 5.43. The number of urea groups is 1. The van der Waals surface area contributed by atoms with Crippen molar-refractivity contribution in [2.24, 2.45) is 5.41 Å². The zero-order valence-corrected chi connectivity index (χ0v) is 17.8. The second kappa shape index (κ2) is 7.78. The van der Waals surface area contributed by atoms with Gasteiger partial charge in [-0.05, 0) is 50.3 Å². The summed E-state index contributed by atoms with van der Waals surface area (Å²) in [6.07, 6.45) is 3.03. The summed E-state index contributed by atoms with van der Waals surface area (Å²) in [5.74, 6) is 1.75. The molecule has 1 spiro atoms. The number of para-hydroxylation sites is 1. The van der Waals surface area contributed by atoms with Crippen molar-refractivity contribution in [1.82, 2.24) is 19.9 Å². The molecule has 2 amide bonds. The highest BCUT2D eigenvalue weighted by Gasteiger charge is 2.46. The summed E-state index contributed by atoms with van der Waals surface area (Å²) in [4.78, 5) is 21.6. The number of benzene rings is 1. The van der Waals surface area contributed by atoms with Gasteiger partial charge in [0.1, 0.15) is 0 Å². The topological polar surface area (TPSA) is 74.5 Å². The summed E-state index contributed by atoms with van der Waals surface area (Å²) in [7, 11) is 2.14. The van der Waals surface area contributed by atoms with E-state index in [4.69, 9.17) is 4.52 Å². The third kappa shape index (κ3) is 4.01. The van der Waals surface area contributed by atoms with E-state index in [1.54, 1.807) is 0 Å². The van der Waals surface area contributed by atoms with Crippen molar-refractivity contribution in [1.29, 1.82) is 0 Å². The number of piperidine rings is 1. The summed E-state index contributed by atoms with van der Waals surface area (Å²) in [5, 5.41) is 7.30. The highest BCUT2D eigenvalue weighted by atomic mass is 16.5. The first-order chi connectivity index (χ1) is 13.9. The second-order valence-electron chi connectivity index (χ2n) is 9.01. The molecule has 1 aromatic heterocycles. The van der Waals surface area contributed by atoms with Gasteiger partial charge in [0, 0.05) is 31.2 Å². The number of carbonyl (C=O) groups is 1. The first-order valence-electron chi connectivity index (χ1n) is 10.5. The summed E-state index contributed by atoms with van der Waals surface area (Å²) in [6.45, 7) is 8.71. The Bertz CT molecular complexity index is 870. The molecule has 2 fully saturated rings. The van der Waals surface area contributed by atoms with E-state index in [1.807, 2.05) is 36.1 Å². The van der Waals surface area contributed by atoms with Crippen LogP contribution in [0.1, 0.15) is 62.3 Å². The Morgan fingerprint density at radius 3 is 2.66 bits per heavy atom. The van der Waals surface area contributed by atoms with Crippen LogP contribution in [-0.4, -0.2) is 52.7 Å². The molecule has 2 saturated heterocycles. The van der Waals surface area contributed by atoms with Gasteiger partial charge in [0.05, 0.1) is 6.04 Å². The van der Waals surface area contributed by atoms with E-state index in [2.05, 4.69) is 41.3 Å². The van der Waals surface area contributed by atoms with Crippen molar-refractivity contribution in [3.63, 3.8) is 0 Å². The van der Waals surface area contributed by atoms with Crippen LogP contribution in [0.2, 0.25) is 0 Å². The third-order valence-electron chi connectivity index (χ3n) is 6.49. The van der Waals surface area contributed by atoms with Gasteiger partial charge in [-0.3, -0.25) is 4.90 Å². The van der Waals surface area contributed by atoms with Crippen LogP contribution in [0.4, 0.5) is 10.5 Å². The number of rotatable bonds is 3. The molecule has 2 aromatic rings. The lowest BCUT2D eigenvalue weighted by atomic mass is 9.76. The number of carbonyl (C=O) groups excluding carboxylic acids is 1. The van der Waals surface area contributed by atoms with Crippen LogP contribution in [0.15, 0.2) is 28.8 Å². The van der Waals surface area contributed by atoms with Crippen molar-refractivity contribution in [2.75, 3.05) is 32.0 Å². The number of likely N-dealkylation sites (tertiary alicyclic amines) is 2. The maximum Gasteiger partial charge on any atom is 0.321 e. The molecule has 3 heterocycles. The minimum atomic E-state index is -0.00297. The number of nitrogens with one attached hydrogen (secondary N) is 1. The quantitative estimate of drug-likeness (QED) is 0.840. The molecule has 2 aliphatic heterocycles. The van der Waals surface area contributed by atoms with Gasteiger partial charge in [0.25, 0.3) is 0 Å². The first kappa shape index (κ1) is 19.9. The second-order valence-corrected chi connectivity index (χ2v) is 9.01. The van der Waals surface area contributed by atoms with E-state index in [-0.39, 0.29) is 23.4 Å². The number of aryl methyl sites for hydroxylation is 1. The molecule has 0 saturated carbocycles. The van der Waals surface area contributed by atoms with Crippen LogP contribution in [0, 0.1) is 12.3 Å². The molecular formula is C22H31N5O2. The Hall–Kier alpha value is -2.41. The molecule has 1 N–H and O–H groups in total. The van der Waals surface area contributed by atoms with E-state index >= 15 is 0 Å². The molecule has 2 aliphatic rings. The fourth-order valence-electron chi connectivity index (χ4n) is 4.63. The molecule has 7 nitrogen and oxygen atoms in total. The predicted octanol–water partition coefficient (Wildman–Crippen LogP) is 4.19. The number of anilines is 1. The SMILES string of the molecule is Cc1ccccc1NC(=O)N1CCC2(CC1)CC(c1noc(C(C)C)n1)N(C)C2. The average molecular weight is 398 g/mol. The van der Waals surface area contributed by atoms with E-state index in [0.717, 1.165) is 56.0 Å². The molecular weight excluding hydrogens is 366 g/mol. The van der Waals surface area contributed by atoms with Crippen molar-refractivity contribution in [3.05, 3.63) is 41.5 Å². The van der Waals surface area contributed by atoms with Crippen LogP contribution in [0.5, 0.6) is 0 Å². The van der Waals surface area contributed by atoms with Gasteiger partial charge in [-0.2, -0.15) is 4.98 Å². The fourth-order valence-corrected chi connectivity index (χ4v) is 4.63. The van der Waals surface area contributed by atoms with E-state index in [0.29, 0.717) is 5.89 Å². The van der Waals surface area contributed by atoms with Crippen LogP contribution in [0.25, 0.3) is 0 Å². The normalized spacial score (nSPS) is 21.8. The minimum absolute atomic E-state index is 0.00297. The van der Waals surface area contributed by atoms with Gasteiger partial charge < -0.3 is 14.7 Å². The lowest BCUT2D eigenvalue weighted by molar-refractivity contribution is 0.128. The Balaban J connectivity index is 1.37. The van der Waals surface area contributed by atoms with Gasteiger partial charge in [0.15, 0.2) is 5.82 Å². The number of amides is 2. The molecule has 4 rings (SSSR count). The van der Waals surface area contributed by atoms with Gasteiger partial charge >= 0.3 is 6.03 Å². The summed E-state index contributed by atoms with van der Waals surface area (Å²) in [6, 6.07) is 8.08. The van der Waals surface area contributed by atoms with Crippen molar-refractivity contribution < 1.29 is 9.32 Å². The number of nitrogens with zero attached hydrogens (tertiary/aromatic N) is 4. The zero-order valence-electron chi connectivity index (χ0n) is 17.8. The van der Waals surface area contributed by atoms with Crippen molar-refractivity contribution in [2.45, 2.75) is 52.0 Å². The monoisotopic (exact) mass is 397 g/mol. The summed E-state index contributed by atoms with van der Waals surface area (Å²) in [5.41, 5.74) is 2.18. The average Bonchev–Trinajstić information content (AvgIpc) is 3.29.